The van der Waals surface area contributed by atoms with Crippen molar-refractivity contribution in [2.24, 2.45) is 5.16 Å². The van der Waals surface area contributed by atoms with Gasteiger partial charge in [0, 0.05) is 6.20 Å². The molecule has 1 N–H and O–H groups in total. The fourth-order valence-corrected chi connectivity index (χ4v) is 1.49. The van der Waals surface area contributed by atoms with Crippen LogP contribution in [-0.2, 0) is 0 Å². The zero-order chi connectivity index (χ0) is 10.1. The maximum Gasteiger partial charge on any atom is 0.137 e. The highest BCUT2D eigenvalue weighted by Crippen LogP contribution is 2.11. The second kappa shape index (κ2) is 3.14. The highest BCUT2D eigenvalue weighted by Gasteiger charge is 2.05. The molecule has 0 aliphatic carbocycles. The third-order valence-corrected chi connectivity index (χ3v) is 2.18. The molecule has 0 spiro atoms. The fraction of sp³-hybridized carbons (Fsp3) is 0.200. The normalized spacial score (nSPS) is 11.6. The number of oxime groups is 1. The van der Waals surface area contributed by atoms with Crippen LogP contribution in [0.4, 0.5) is 0 Å². The molecule has 0 saturated carbocycles. The van der Waals surface area contributed by atoms with Crippen molar-refractivity contribution < 1.29 is 5.21 Å². The molecule has 0 fully saturated rings. The number of aryl methyl sites for hydroxylation is 2. The Kier molecular flexibility index (Phi) is 1.96. The first-order chi connectivity index (χ1) is 6.72. The SMILES string of the molecule is Cc1ccn2c(C=NO)c(C)nc2c1. The summed E-state index contributed by atoms with van der Waals surface area (Å²) in [6.45, 7) is 3.91. The monoisotopic (exact) mass is 189 g/mol. The van der Waals surface area contributed by atoms with E-state index in [4.69, 9.17) is 5.21 Å². The smallest absolute Gasteiger partial charge is 0.137 e. The molecule has 2 aromatic heterocycles. The van der Waals surface area contributed by atoms with Gasteiger partial charge in [0.1, 0.15) is 5.65 Å². The lowest BCUT2D eigenvalue weighted by atomic mass is 10.3. The molecule has 0 amide bonds. The van der Waals surface area contributed by atoms with Crippen molar-refractivity contribution in [2.75, 3.05) is 0 Å². The molecule has 0 aliphatic heterocycles. The van der Waals surface area contributed by atoms with Gasteiger partial charge in [0.2, 0.25) is 0 Å². The van der Waals surface area contributed by atoms with Crippen LogP contribution in [0, 0.1) is 13.8 Å². The standard InChI is InChI=1S/C10H11N3O/c1-7-3-4-13-9(6-11-14)8(2)12-10(13)5-7/h3-6,14H,1-2H3. The third kappa shape index (κ3) is 1.25. The molecule has 4 nitrogen and oxygen atoms in total. The van der Waals surface area contributed by atoms with Crippen molar-refractivity contribution in [2.45, 2.75) is 13.8 Å². The summed E-state index contributed by atoms with van der Waals surface area (Å²) in [5.41, 5.74) is 3.70. The summed E-state index contributed by atoms with van der Waals surface area (Å²) < 4.78 is 1.89. The first kappa shape index (κ1) is 8.74. The molecule has 0 unspecified atom stereocenters. The molecule has 0 bridgehead atoms. The lowest BCUT2D eigenvalue weighted by Crippen LogP contribution is -1.92. The molecule has 0 radical (unpaired) electrons. The molecule has 0 atom stereocenters. The van der Waals surface area contributed by atoms with E-state index in [1.165, 1.54) is 6.21 Å². The zero-order valence-corrected chi connectivity index (χ0v) is 8.10. The van der Waals surface area contributed by atoms with Crippen LogP contribution in [0.3, 0.4) is 0 Å². The van der Waals surface area contributed by atoms with Crippen LogP contribution in [0.25, 0.3) is 5.65 Å². The fourth-order valence-electron chi connectivity index (χ4n) is 1.49. The van der Waals surface area contributed by atoms with Crippen LogP contribution in [0.5, 0.6) is 0 Å². The molecular formula is C10H11N3O. The number of rotatable bonds is 1. The lowest BCUT2D eigenvalue weighted by molar-refractivity contribution is 0.321. The summed E-state index contributed by atoms with van der Waals surface area (Å²) in [6, 6.07) is 3.98. The van der Waals surface area contributed by atoms with Gasteiger partial charge in [-0.2, -0.15) is 0 Å². The number of imidazole rings is 1. The van der Waals surface area contributed by atoms with E-state index in [1.54, 1.807) is 0 Å². The Labute approximate surface area is 81.5 Å². The summed E-state index contributed by atoms with van der Waals surface area (Å²) in [4.78, 5) is 4.35. The summed E-state index contributed by atoms with van der Waals surface area (Å²) >= 11 is 0. The molecule has 0 aliphatic rings. The highest BCUT2D eigenvalue weighted by molar-refractivity contribution is 5.80. The van der Waals surface area contributed by atoms with Crippen molar-refractivity contribution in [1.82, 2.24) is 9.38 Å². The Morgan fingerprint density at radius 1 is 1.50 bits per heavy atom. The van der Waals surface area contributed by atoms with Crippen LogP contribution in [0.15, 0.2) is 23.5 Å². The highest BCUT2D eigenvalue weighted by atomic mass is 16.4. The lowest BCUT2D eigenvalue weighted by Gasteiger charge is -1.96. The van der Waals surface area contributed by atoms with Gasteiger partial charge in [-0.1, -0.05) is 5.16 Å². The molecular weight excluding hydrogens is 178 g/mol. The molecule has 2 aromatic rings. The van der Waals surface area contributed by atoms with E-state index in [0.717, 1.165) is 22.6 Å². The number of aromatic nitrogens is 2. The predicted molar refractivity (Wildman–Crippen MR) is 54.0 cm³/mol. The number of hydrogen-bond acceptors (Lipinski definition) is 3. The summed E-state index contributed by atoms with van der Waals surface area (Å²) in [6.07, 6.45) is 3.31. The first-order valence-corrected chi connectivity index (χ1v) is 4.35. The van der Waals surface area contributed by atoms with Crippen molar-refractivity contribution in [3.63, 3.8) is 0 Å². The molecule has 2 rings (SSSR count). The van der Waals surface area contributed by atoms with Gasteiger partial charge in [0.05, 0.1) is 17.6 Å². The Balaban J connectivity index is 2.77. The van der Waals surface area contributed by atoms with E-state index < -0.39 is 0 Å². The Morgan fingerprint density at radius 3 is 3.00 bits per heavy atom. The summed E-state index contributed by atoms with van der Waals surface area (Å²) in [7, 11) is 0. The van der Waals surface area contributed by atoms with Gasteiger partial charge in [-0.3, -0.25) is 4.40 Å². The van der Waals surface area contributed by atoms with Gasteiger partial charge in [-0.05, 0) is 31.5 Å². The van der Waals surface area contributed by atoms with E-state index in [1.807, 2.05) is 36.6 Å². The predicted octanol–water partition coefficient (Wildman–Crippen LogP) is 1.76. The maximum atomic E-state index is 8.50. The second-order valence-electron chi connectivity index (χ2n) is 3.26. The van der Waals surface area contributed by atoms with Crippen LogP contribution in [0.1, 0.15) is 17.0 Å². The van der Waals surface area contributed by atoms with Crippen molar-refractivity contribution in [3.05, 3.63) is 35.3 Å². The van der Waals surface area contributed by atoms with E-state index in [9.17, 15) is 0 Å². The number of nitrogens with zero attached hydrogens (tertiary/aromatic N) is 3. The van der Waals surface area contributed by atoms with Gasteiger partial charge in [-0.15, -0.1) is 0 Å². The van der Waals surface area contributed by atoms with E-state index in [-0.39, 0.29) is 0 Å². The van der Waals surface area contributed by atoms with Crippen LogP contribution >= 0.6 is 0 Å². The average molecular weight is 189 g/mol. The van der Waals surface area contributed by atoms with Gasteiger partial charge >= 0.3 is 0 Å². The number of hydrogen-bond donors (Lipinski definition) is 1. The summed E-state index contributed by atoms with van der Waals surface area (Å²) in [5, 5.41) is 11.5. The Bertz CT molecular complexity index is 499. The first-order valence-electron chi connectivity index (χ1n) is 4.35. The molecule has 2 heterocycles. The second-order valence-corrected chi connectivity index (χ2v) is 3.26. The molecule has 4 heteroatoms. The topological polar surface area (TPSA) is 49.9 Å². The van der Waals surface area contributed by atoms with E-state index >= 15 is 0 Å². The van der Waals surface area contributed by atoms with Crippen LogP contribution in [-0.4, -0.2) is 20.8 Å². The Hall–Kier alpha value is -1.84. The largest absolute Gasteiger partial charge is 0.411 e. The Morgan fingerprint density at radius 2 is 2.29 bits per heavy atom. The third-order valence-electron chi connectivity index (χ3n) is 2.18. The number of pyridine rings is 1. The van der Waals surface area contributed by atoms with Crippen LogP contribution < -0.4 is 0 Å². The minimum atomic E-state index is 0.808. The summed E-state index contributed by atoms with van der Waals surface area (Å²) in [5.74, 6) is 0. The van der Waals surface area contributed by atoms with Crippen molar-refractivity contribution in [3.8, 4) is 0 Å². The molecule has 14 heavy (non-hydrogen) atoms. The van der Waals surface area contributed by atoms with Crippen molar-refractivity contribution in [1.29, 1.82) is 0 Å². The van der Waals surface area contributed by atoms with Gasteiger partial charge in [0.15, 0.2) is 0 Å². The molecule has 72 valence electrons. The van der Waals surface area contributed by atoms with Crippen LogP contribution in [0.2, 0.25) is 0 Å². The van der Waals surface area contributed by atoms with Gasteiger partial charge in [-0.25, -0.2) is 4.98 Å². The van der Waals surface area contributed by atoms with E-state index in [0.29, 0.717) is 0 Å². The van der Waals surface area contributed by atoms with Gasteiger partial charge < -0.3 is 5.21 Å². The van der Waals surface area contributed by atoms with Gasteiger partial charge in [0.25, 0.3) is 0 Å². The minimum Gasteiger partial charge on any atom is -0.411 e. The maximum absolute atomic E-state index is 8.50. The minimum absolute atomic E-state index is 0.808. The molecule has 0 saturated heterocycles. The van der Waals surface area contributed by atoms with E-state index in [2.05, 4.69) is 10.1 Å². The average Bonchev–Trinajstić information content (AvgIpc) is 2.43. The van der Waals surface area contributed by atoms with Crippen molar-refractivity contribution >= 4 is 11.9 Å². The zero-order valence-electron chi connectivity index (χ0n) is 8.10. The quantitative estimate of drug-likeness (QED) is 0.422. The molecule has 0 aromatic carbocycles. The number of fused-ring (bicyclic) bond motifs is 1.